The third-order valence-corrected chi connectivity index (χ3v) is 6.37. The average molecular weight is 325 g/mol. The Kier molecular flexibility index (Phi) is 3.00. The molecule has 6 rings (SSSR count). The molecule has 0 spiro atoms. The monoisotopic (exact) mass is 325 g/mol. The topological polar surface area (TPSA) is 51.5 Å². The second-order valence-electron chi connectivity index (χ2n) is 8.14. The number of carbonyl (C=O) groups is 1. The Labute approximate surface area is 141 Å². The van der Waals surface area contributed by atoms with E-state index in [1.807, 2.05) is 24.3 Å². The van der Waals surface area contributed by atoms with Gasteiger partial charge in [-0.2, -0.15) is 0 Å². The lowest BCUT2D eigenvalue weighted by Gasteiger charge is -2.56. The number of nitrogens with one attached hydrogen (secondary N) is 1. The summed E-state index contributed by atoms with van der Waals surface area (Å²) in [5, 5.41) is 4.27. The number of amides is 1. The molecular weight excluding hydrogens is 302 g/mol. The van der Waals surface area contributed by atoms with Gasteiger partial charge in [-0.3, -0.25) is 4.79 Å². The molecule has 1 aromatic heterocycles. The van der Waals surface area contributed by atoms with Crippen LogP contribution in [0, 0.1) is 17.8 Å². The van der Waals surface area contributed by atoms with Crippen LogP contribution in [0.3, 0.4) is 0 Å². The Balaban J connectivity index is 1.43. The van der Waals surface area contributed by atoms with E-state index in [4.69, 9.17) is 9.15 Å². The summed E-state index contributed by atoms with van der Waals surface area (Å²) < 4.78 is 11.2. The number of fused-ring (bicyclic) bond motifs is 1. The maximum Gasteiger partial charge on any atom is 0.287 e. The Hall–Kier alpha value is -1.97. The van der Waals surface area contributed by atoms with Gasteiger partial charge in [0.15, 0.2) is 17.1 Å². The largest absolute Gasteiger partial charge is 0.493 e. The van der Waals surface area contributed by atoms with Crippen molar-refractivity contribution in [3.8, 4) is 5.75 Å². The number of ether oxygens (including phenoxy) is 1. The molecule has 1 amide bonds. The fourth-order valence-corrected chi connectivity index (χ4v) is 5.88. The molecule has 4 heteroatoms. The van der Waals surface area contributed by atoms with E-state index in [1.165, 1.54) is 19.3 Å². The highest BCUT2D eigenvalue weighted by atomic mass is 16.5. The molecule has 126 valence electrons. The zero-order chi connectivity index (χ0) is 16.3. The SMILES string of the molecule is COc1cccc2cc(C(=O)NC34CC5CC(CC(C5)C3)C4)oc12. The molecule has 2 aromatic rings. The van der Waals surface area contributed by atoms with E-state index in [-0.39, 0.29) is 11.4 Å². The molecule has 0 aliphatic heterocycles. The fourth-order valence-electron chi connectivity index (χ4n) is 5.88. The first-order valence-electron chi connectivity index (χ1n) is 9.03. The highest BCUT2D eigenvalue weighted by molar-refractivity contribution is 5.97. The van der Waals surface area contributed by atoms with Crippen LogP contribution in [0.25, 0.3) is 11.0 Å². The smallest absolute Gasteiger partial charge is 0.287 e. The van der Waals surface area contributed by atoms with Crippen LogP contribution in [0.1, 0.15) is 49.1 Å². The Bertz CT molecular complexity index is 771. The van der Waals surface area contributed by atoms with Gasteiger partial charge in [-0.1, -0.05) is 12.1 Å². The maximum atomic E-state index is 12.9. The van der Waals surface area contributed by atoms with Gasteiger partial charge in [-0.15, -0.1) is 0 Å². The normalized spacial score (nSPS) is 33.8. The molecule has 4 bridgehead atoms. The Morgan fingerprint density at radius 1 is 1.17 bits per heavy atom. The molecule has 1 heterocycles. The van der Waals surface area contributed by atoms with Crippen LogP contribution in [0.4, 0.5) is 0 Å². The zero-order valence-corrected chi connectivity index (χ0v) is 14.0. The van der Waals surface area contributed by atoms with Crippen molar-refractivity contribution in [2.45, 2.75) is 44.1 Å². The quantitative estimate of drug-likeness (QED) is 0.922. The highest BCUT2D eigenvalue weighted by Crippen LogP contribution is 2.55. The highest BCUT2D eigenvalue weighted by Gasteiger charge is 2.51. The molecule has 4 nitrogen and oxygen atoms in total. The molecule has 0 unspecified atom stereocenters. The minimum atomic E-state index is -0.0739. The third-order valence-electron chi connectivity index (χ3n) is 6.37. The lowest BCUT2D eigenvalue weighted by molar-refractivity contribution is -0.0171. The second kappa shape index (κ2) is 5.01. The lowest BCUT2D eigenvalue weighted by atomic mass is 9.53. The van der Waals surface area contributed by atoms with E-state index < -0.39 is 0 Å². The van der Waals surface area contributed by atoms with Gasteiger partial charge in [0.05, 0.1) is 7.11 Å². The number of hydrogen-bond donors (Lipinski definition) is 1. The minimum absolute atomic E-state index is 0.00882. The first-order valence-corrected chi connectivity index (χ1v) is 9.03. The van der Waals surface area contributed by atoms with Crippen molar-refractivity contribution in [1.29, 1.82) is 0 Å². The van der Waals surface area contributed by atoms with Gasteiger partial charge in [0.25, 0.3) is 5.91 Å². The van der Waals surface area contributed by atoms with Crippen molar-refractivity contribution in [3.63, 3.8) is 0 Å². The molecule has 0 atom stereocenters. The number of para-hydroxylation sites is 1. The van der Waals surface area contributed by atoms with Crippen molar-refractivity contribution < 1.29 is 13.9 Å². The average Bonchev–Trinajstić information content (AvgIpc) is 2.97. The standard InChI is InChI=1S/C20H23NO3/c1-23-16-4-2-3-15-8-17(24-18(15)16)19(22)21-20-9-12-5-13(10-20)7-14(6-12)11-20/h2-4,8,12-14H,5-7,9-11H2,1H3,(H,21,22). The van der Waals surface area contributed by atoms with Gasteiger partial charge in [0.2, 0.25) is 0 Å². The van der Waals surface area contributed by atoms with Crippen LogP contribution in [-0.2, 0) is 0 Å². The molecule has 4 saturated carbocycles. The predicted molar refractivity (Wildman–Crippen MR) is 91.1 cm³/mol. The van der Waals surface area contributed by atoms with Crippen molar-refractivity contribution in [3.05, 3.63) is 30.0 Å². The molecular formula is C20H23NO3. The summed E-state index contributed by atoms with van der Waals surface area (Å²) in [5.41, 5.74) is 0.658. The number of hydrogen-bond acceptors (Lipinski definition) is 3. The molecule has 1 aromatic carbocycles. The van der Waals surface area contributed by atoms with E-state index in [0.717, 1.165) is 42.4 Å². The molecule has 0 radical (unpaired) electrons. The van der Waals surface area contributed by atoms with Gasteiger partial charge in [0.1, 0.15) is 0 Å². The maximum absolute atomic E-state index is 12.9. The fraction of sp³-hybridized carbons (Fsp3) is 0.550. The van der Waals surface area contributed by atoms with E-state index in [2.05, 4.69) is 5.32 Å². The number of furan rings is 1. The van der Waals surface area contributed by atoms with Gasteiger partial charge in [-0.05, 0) is 68.4 Å². The number of carbonyl (C=O) groups excluding carboxylic acids is 1. The van der Waals surface area contributed by atoms with Crippen molar-refractivity contribution in [1.82, 2.24) is 5.32 Å². The molecule has 1 N–H and O–H groups in total. The summed E-state index contributed by atoms with van der Waals surface area (Å²) in [4.78, 5) is 12.9. The summed E-state index contributed by atoms with van der Waals surface area (Å²) in [7, 11) is 1.62. The summed E-state index contributed by atoms with van der Waals surface area (Å²) in [6.45, 7) is 0. The summed E-state index contributed by atoms with van der Waals surface area (Å²) in [6.07, 6.45) is 7.56. The number of benzene rings is 1. The van der Waals surface area contributed by atoms with Gasteiger partial charge < -0.3 is 14.5 Å². The van der Waals surface area contributed by atoms with E-state index >= 15 is 0 Å². The summed E-state index contributed by atoms with van der Waals surface area (Å²) in [6, 6.07) is 7.54. The Morgan fingerprint density at radius 2 is 1.83 bits per heavy atom. The predicted octanol–water partition coefficient (Wildman–Crippen LogP) is 4.14. The third kappa shape index (κ3) is 2.15. The Morgan fingerprint density at radius 3 is 2.46 bits per heavy atom. The molecule has 0 saturated heterocycles. The van der Waals surface area contributed by atoms with E-state index in [9.17, 15) is 4.79 Å². The number of methoxy groups -OCH3 is 1. The first kappa shape index (κ1) is 14.4. The summed E-state index contributed by atoms with van der Waals surface area (Å²) in [5.74, 6) is 3.42. The first-order chi connectivity index (χ1) is 11.6. The second-order valence-corrected chi connectivity index (χ2v) is 8.14. The van der Waals surface area contributed by atoms with Gasteiger partial charge in [-0.25, -0.2) is 0 Å². The summed E-state index contributed by atoms with van der Waals surface area (Å²) >= 11 is 0. The lowest BCUT2D eigenvalue weighted by Crippen LogP contribution is -2.59. The van der Waals surface area contributed by atoms with E-state index in [0.29, 0.717) is 17.1 Å². The van der Waals surface area contributed by atoms with Crippen molar-refractivity contribution in [2.24, 2.45) is 17.8 Å². The molecule has 24 heavy (non-hydrogen) atoms. The van der Waals surface area contributed by atoms with Crippen LogP contribution in [0.5, 0.6) is 5.75 Å². The van der Waals surface area contributed by atoms with Crippen LogP contribution in [-0.4, -0.2) is 18.6 Å². The van der Waals surface area contributed by atoms with Gasteiger partial charge >= 0.3 is 0 Å². The van der Waals surface area contributed by atoms with Crippen LogP contribution in [0.15, 0.2) is 28.7 Å². The van der Waals surface area contributed by atoms with Crippen LogP contribution in [0.2, 0.25) is 0 Å². The van der Waals surface area contributed by atoms with Crippen molar-refractivity contribution >= 4 is 16.9 Å². The minimum Gasteiger partial charge on any atom is -0.493 e. The van der Waals surface area contributed by atoms with Crippen molar-refractivity contribution in [2.75, 3.05) is 7.11 Å². The number of rotatable bonds is 3. The molecule has 4 fully saturated rings. The molecule has 4 aliphatic rings. The van der Waals surface area contributed by atoms with Crippen LogP contribution < -0.4 is 10.1 Å². The zero-order valence-electron chi connectivity index (χ0n) is 14.0. The van der Waals surface area contributed by atoms with Crippen LogP contribution >= 0.6 is 0 Å². The molecule has 4 aliphatic carbocycles. The van der Waals surface area contributed by atoms with Gasteiger partial charge in [0, 0.05) is 10.9 Å². The van der Waals surface area contributed by atoms with E-state index in [1.54, 1.807) is 7.11 Å².